The fourth-order valence-electron chi connectivity index (χ4n) is 3.55. The quantitative estimate of drug-likeness (QED) is 0.261. The van der Waals surface area contributed by atoms with Crippen LogP contribution in [0.1, 0.15) is 32.3 Å². The molecule has 32 heavy (non-hydrogen) atoms. The first-order chi connectivity index (χ1) is 15.2. The highest BCUT2D eigenvalue weighted by Gasteiger charge is 2.24. The Morgan fingerprint density at radius 1 is 1.19 bits per heavy atom. The minimum atomic E-state index is 0. The summed E-state index contributed by atoms with van der Waals surface area (Å²) < 4.78 is 17.0. The Labute approximate surface area is 208 Å². The Balaban J connectivity index is 0.00000363. The molecule has 1 fully saturated rings. The van der Waals surface area contributed by atoms with Crippen molar-refractivity contribution < 1.29 is 14.2 Å². The second-order valence-corrected chi connectivity index (χ2v) is 7.62. The van der Waals surface area contributed by atoms with Crippen molar-refractivity contribution >= 4 is 29.9 Å². The van der Waals surface area contributed by atoms with Crippen LogP contribution in [0.25, 0.3) is 0 Å². The topological polar surface area (TPSA) is 68.2 Å². The predicted octanol–water partition coefficient (Wildman–Crippen LogP) is 4.71. The van der Waals surface area contributed by atoms with E-state index in [4.69, 9.17) is 19.2 Å². The van der Waals surface area contributed by atoms with Gasteiger partial charge in [0, 0.05) is 44.4 Å². The van der Waals surface area contributed by atoms with Crippen LogP contribution in [0.4, 0.5) is 0 Å². The van der Waals surface area contributed by atoms with Gasteiger partial charge in [0.1, 0.15) is 11.5 Å². The summed E-state index contributed by atoms with van der Waals surface area (Å²) in [6, 6.07) is 11.5. The molecule has 1 atom stereocenters. The van der Waals surface area contributed by atoms with Crippen molar-refractivity contribution in [2.45, 2.75) is 33.2 Å². The summed E-state index contributed by atoms with van der Waals surface area (Å²) in [6.45, 7) is 8.95. The molecule has 0 spiro atoms. The number of guanidine groups is 1. The molecule has 1 aromatic carbocycles. The Morgan fingerprint density at radius 3 is 2.69 bits per heavy atom. The largest absolute Gasteiger partial charge is 0.494 e. The Morgan fingerprint density at radius 2 is 1.97 bits per heavy atom. The van der Waals surface area contributed by atoms with Crippen LogP contribution in [0, 0.1) is 5.92 Å². The minimum Gasteiger partial charge on any atom is -0.494 e. The summed E-state index contributed by atoms with van der Waals surface area (Å²) in [6.07, 6.45) is 3.84. The lowest BCUT2D eigenvalue weighted by Crippen LogP contribution is -2.40. The predicted molar refractivity (Wildman–Crippen MR) is 138 cm³/mol. The number of ether oxygens (including phenoxy) is 3. The van der Waals surface area contributed by atoms with Gasteiger partial charge in [-0.05, 0) is 50.1 Å². The molecule has 2 heterocycles. The van der Waals surface area contributed by atoms with Crippen LogP contribution in [-0.4, -0.2) is 55.8 Å². The highest BCUT2D eigenvalue weighted by atomic mass is 127. The number of pyridine rings is 1. The highest BCUT2D eigenvalue weighted by Crippen LogP contribution is 2.26. The number of aromatic nitrogens is 1. The lowest BCUT2D eigenvalue weighted by atomic mass is 10.1. The number of halogens is 1. The van der Waals surface area contributed by atoms with E-state index in [9.17, 15) is 0 Å². The van der Waals surface area contributed by atoms with E-state index < -0.39 is 0 Å². The van der Waals surface area contributed by atoms with Gasteiger partial charge >= 0.3 is 0 Å². The molecular weight excluding hydrogens is 519 g/mol. The van der Waals surface area contributed by atoms with Crippen LogP contribution in [0.15, 0.2) is 47.6 Å². The average Bonchev–Trinajstić information content (AvgIpc) is 3.26. The molecule has 0 radical (unpaired) electrons. The van der Waals surface area contributed by atoms with Gasteiger partial charge in [-0.15, -0.1) is 24.0 Å². The van der Waals surface area contributed by atoms with Crippen LogP contribution in [0.3, 0.4) is 0 Å². The Hall–Kier alpha value is -2.07. The zero-order valence-electron chi connectivity index (χ0n) is 19.3. The van der Waals surface area contributed by atoms with Gasteiger partial charge in [-0.2, -0.15) is 0 Å². The molecule has 3 rings (SSSR count). The van der Waals surface area contributed by atoms with Gasteiger partial charge in [0.05, 0.1) is 19.8 Å². The number of benzene rings is 1. The fourth-order valence-corrected chi connectivity index (χ4v) is 3.55. The van der Waals surface area contributed by atoms with E-state index in [-0.39, 0.29) is 24.0 Å². The molecular formula is C24H35IN4O3. The summed E-state index contributed by atoms with van der Waals surface area (Å²) in [5, 5.41) is 3.41. The lowest BCUT2D eigenvalue weighted by molar-refractivity contribution is 0.157. The smallest absolute Gasteiger partial charge is 0.224 e. The van der Waals surface area contributed by atoms with E-state index in [0.29, 0.717) is 24.9 Å². The van der Waals surface area contributed by atoms with Crippen LogP contribution in [0.2, 0.25) is 0 Å². The van der Waals surface area contributed by atoms with Gasteiger partial charge in [-0.1, -0.05) is 13.0 Å². The monoisotopic (exact) mass is 554 g/mol. The van der Waals surface area contributed by atoms with Crippen molar-refractivity contribution in [2.75, 3.05) is 40.0 Å². The van der Waals surface area contributed by atoms with E-state index in [1.165, 1.54) is 0 Å². The van der Waals surface area contributed by atoms with Gasteiger partial charge in [-0.25, -0.2) is 9.98 Å². The number of nitrogens with zero attached hydrogens (tertiary/aromatic N) is 3. The standard InChI is InChI=1S/C24H34N4O3.HI/c1-4-15-30-21-8-10-22(11-9-21)31-23-20(7-6-13-26-23)16-27-24(25-5-2)28-14-12-19(17-28)18-29-3;/h6-11,13,19H,4-5,12,14-18H2,1-3H3,(H,25,27);1H. The fraction of sp³-hybridized carbons (Fsp3) is 0.500. The summed E-state index contributed by atoms with van der Waals surface area (Å²) in [7, 11) is 1.76. The first-order valence-electron chi connectivity index (χ1n) is 11.1. The van der Waals surface area contributed by atoms with E-state index in [2.05, 4.69) is 29.0 Å². The molecule has 0 bridgehead atoms. The van der Waals surface area contributed by atoms with Crippen molar-refractivity contribution in [3.63, 3.8) is 0 Å². The third-order valence-corrected chi connectivity index (χ3v) is 5.08. The number of aliphatic imine (C=N–C) groups is 1. The van der Waals surface area contributed by atoms with Crippen LogP contribution in [0.5, 0.6) is 17.4 Å². The first-order valence-corrected chi connectivity index (χ1v) is 11.1. The molecule has 1 aliphatic rings. The van der Waals surface area contributed by atoms with Crippen molar-refractivity contribution in [2.24, 2.45) is 10.9 Å². The van der Waals surface area contributed by atoms with E-state index in [0.717, 1.165) is 62.1 Å². The van der Waals surface area contributed by atoms with E-state index >= 15 is 0 Å². The average molecular weight is 554 g/mol. The minimum absolute atomic E-state index is 0. The second kappa shape index (κ2) is 14.2. The van der Waals surface area contributed by atoms with Crippen LogP contribution < -0.4 is 14.8 Å². The molecule has 0 aliphatic carbocycles. The number of likely N-dealkylation sites (tertiary alicyclic amines) is 1. The molecule has 1 N–H and O–H groups in total. The molecule has 2 aromatic rings. The van der Waals surface area contributed by atoms with Gasteiger partial charge < -0.3 is 24.4 Å². The number of hydrogen-bond donors (Lipinski definition) is 1. The van der Waals surface area contributed by atoms with Crippen LogP contribution in [-0.2, 0) is 11.3 Å². The lowest BCUT2D eigenvalue weighted by Gasteiger charge is -2.21. The van der Waals surface area contributed by atoms with E-state index in [1.54, 1.807) is 13.3 Å². The molecule has 0 saturated carbocycles. The molecule has 8 heteroatoms. The van der Waals surface area contributed by atoms with Gasteiger partial charge in [-0.3, -0.25) is 0 Å². The van der Waals surface area contributed by atoms with Crippen molar-refractivity contribution in [1.82, 2.24) is 15.2 Å². The van der Waals surface area contributed by atoms with Gasteiger partial charge in [0.25, 0.3) is 0 Å². The van der Waals surface area contributed by atoms with Crippen molar-refractivity contribution in [3.8, 4) is 17.4 Å². The first kappa shape index (κ1) is 26.2. The Bertz CT molecular complexity index is 832. The molecule has 7 nitrogen and oxygen atoms in total. The maximum atomic E-state index is 6.05. The number of nitrogens with one attached hydrogen (secondary N) is 1. The van der Waals surface area contributed by atoms with E-state index in [1.807, 2.05) is 36.4 Å². The molecule has 1 aromatic heterocycles. The molecule has 0 amide bonds. The molecule has 176 valence electrons. The number of rotatable bonds is 10. The second-order valence-electron chi connectivity index (χ2n) is 7.62. The van der Waals surface area contributed by atoms with Crippen molar-refractivity contribution in [3.05, 3.63) is 48.2 Å². The summed E-state index contributed by atoms with van der Waals surface area (Å²) in [4.78, 5) is 11.6. The SMILES string of the molecule is CCCOc1ccc(Oc2ncccc2CN=C(NCC)N2CCC(COC)C2)cc1.I. The molecule has 1 saturated heterocycles. The molecule has 1 unspecified atom stereocenters. The summed E-state index contributed by atoms with van der Waals surface area (Å²) in [5.41, 5.74) is 0.942. The third-order valence-electron chi connectivity index (χ3n) is 5.08. The van der Waals surface area contributed by atoms with Gasteiger partial charge in [0.2, 0.25) is 5.88 Å². The summed E-state index contributed by atoms with van der Waals surface area (Å²) in [5.74, 6) is 3.61. The normalized spacial score (nSPS) is 15.9. The van der Waals surface area contributed by atoms with Crippen molar-refractivity contribution in [1.29, 1.82) is 0 Å². The maximum Gasteiger partial charge on any atom is 0.224 e. The highest BCUT2D eigenvalue weighted by molar-refractivity contribution is 14.0. The zero-order valence-corrected chi connectivity index (χ0v) is 21.6. The number of hydrogen-bond acceptors (Lipinski definition) is 5. The molecule has 1 aliphatic heterocycles. The zero-order chi connectivity index (χ0) is 21.9. The van der Waals surface area contributed by atoms with Crippen LogP contribution >= 0.6 is 24.0 Å². The third kappa shape index (κ3) is 7.81. The maximum absolute atomic E-state index is 6.05. The Kier molecular flexibility index (Phi) is 11.6. The van der Waals surface area contributed by atoms with Gasteiger partial charge in [0.15, 0.2) is 5.96 Å². The summed E-state index contributed by atoms with van der Waals surface area (Å²) >= 11 is 0. The number of methoxy groups -OCH3 is 1.